The van der Waals surface area contributed by atoms with Gasteiger partial charge in [0, 0.05) is 29.5 Å². The van der Waals surface area contributed by atoms with Crippen LogP contribution in [-0.2, 0) is 4.79 Å². The Labute approximate surface area is 203 Å². The first-order valence-electron chi connectivity index (χ1n) is 10.8. The number of benzene rings is 2. The van der Waals surface area contributed by atoms with Gasteiger partial charge < -0.3 is 14.7 Å². The molecule has 2 aromatic carbocycles. The molecule has 0 saturated heterocycles. The van der Waals surface area contributed by atoms with Gasteiger partial charge in [0.25, 0.3) is 0 Å². The summed E-state index contributed by atoms with van der Waals surface area (Å²) in [7, 11) is -3.24. The molecule has 0 fully saturated rings. The highest BCUT2D eigenvalue weighted by Gasteiger charge is 2.42. The zero-order valence-corrected chi connectivity index (χ0v) is 21.0. The van der Waals surface area contributed by atoms with Crippen LogP contribution in [0.25, 0.3) is 0 Å². The lowest BCUT2D eigenvalue weighted by atomic mass is 9.81. The monoisotopic (exact) mass is 541 g/mol. The predicted molar refractivity (Wildman–Crippen MR) is 133 cm³/mol. The number of carboxylic acid groups (broad SMARTS) is 1. The van der Waals surface area contributed by atoms with Crippen LogP contribution in [0.15, 0.2) is 63.9 Å². The fourth-order valence-electron chi connectivity index (χ4n) is 4.16. The highest BCUT2D eigenvalue weighted by atomic mass is 79.9. The maximum atomic E-state index is 13.5. The van der Waals surface area contributed by atoms with Crippen LogP contribution in [0.3, 0.4) is 0 Å². The molecule has 0 unspecified atom stereocenters. The fourth-order valence-corrected chi connectivity index (χ4v) is 6.83. The second-order valence-corrected chi connectivity index (χ2v) is 11.2. The maximum Gasteiger partial charge on any atom is 0.368 e. The smallest absolute Gasteiger partial charge is 0.368 e. The standard InChI is InChI=1S/C24H29BrFNO5S/c1-3-5-11-24(4-2)15-27(17-9-7-6-8-10-17)20-12-18(25)21(32-14-19(26)23(28)29)13-22(20)33(30,31)16-24/h6-10,12-14,30-31H,3-5,11,15-16H2,1-2H3,(H,28,29)/b19-14-/t24-/m1/s1. The summed E-state index contributed by atoms with van der Waals surface area (Å²) in [5.74, 6) is -2.91. The summed E-state index contributed by atoms with van der Waals surface area (Å²) in [6, 6.07) is 12.9. The number of ether oxygens (including phenoxy) is 1. The minimum absolute atomic E-state index is 0.0932. The van der Waals surface area contributed by atoms with Crippen LogP contribution < -0.4 is 9.64 Å². The number of anilines is 2. The topological polar surface area (TPSA) is 90.2 Å². The van der Waals surface area contributed by atoms with Gasteiger partial charge in [-0.3, -0.25) is 9.11 Å². The third kappa shape index (κ3) is 5.71. The van der Waals surface area contributed by atoms with Gasteiger partial charge in [0.05, 0.1) is 15.1 Å². The van der Waals surface area contributed by atoms with Crippen molar-refractivity contribution in [1.29, 1.82) is 0 Å². The molecule has 0 aromatic heterocycles. The number of carbonyl (C=O) groups is 1. The van der Waals surface area contributed by atoms with Gasteiger partial charge in [-0.05, 0) is 47.0 Å². The molecular formula is C24H29BrFNO5S. The second kappa shape index (κ2) is 10.5. The molecule has 1 aliphatic heterocycles. The van der Waals surface area contributed by atoms with Gasteiger partial charge in [0.15, 0.2) is 0 Å². The van der Waals surface area contributed by atoms with Crippen LogP contribution in [0, 0.1) is 5.41 Å². The first-order valence-corrected chi connectivity index (χ1v) is 13.3. The van der Waals surface area contributed by atoms with E-state index < -0.39 is 22.4 Å². The number of aliphatic carboxylic acids is 1. The zero-order valence-electron chi connectivity index (χ0n) is 18.6. The molecule has 9 heteroatoms. The molecule has 3 N–H and O–H groups in total. The number of carboxylic acids is 1. The van der Waals surface area contributed by atoms with E-state index >= 15 is 0 Å². The Kier molecular flexibility index (Phi) is 8.10. The van der Waals surface area contributed by atoms with Crippen molar-refractivity contribution in [3.8, 4) is 5.75 Å². The van der Waals surface area contributed by atoms with E-state index in [0.29, 0.717) is 27.9 Å². The number of nitrogens with zero attached hydrogens (tertiary/aromatic N) is 1. The highest BCUT2D eigenvalue weighted by molar-refractivity contribution is 9.10. The molecule has 0 radical (unpaired) electrons. The lowest BCUT2D eigenvalue weighted by Crippen LogP contribution is -2.37. The van der Waals surface area contributed by atoms with E-state index in [1.165, 1.54) is 6.07 Å². The first kappa shape index (κ1) is 25.6. The molecule has 180 valence electrons. The number of hydrogen-bond donors (Lipinski definition) is 3. The molecule has 0 bridgehead atoms. The number of halogens is 2. The van der Waals surface area contributed by atoms with Gasteiger partial charge in [-0.15, -0.1) is 0 Å². The molecule has 1 atom stereocenters. The van der Waals surface area contributed by atoms with E-state index in [2.05, 4.69) is 34.7 Å². The van der Waals surface area contributed by atoms with Crippen LogP contribution in [0.4, 0.5) is 15.8 Å². The number of rotatable bonds is 8. The van der Waals surface area contributed by atoms with E-state index in [1.807, 2.05) is 30.3 Å². The van der Waals surface area contributed by atoms with Crippen molar-refractivity contribution in [2.45, 2.75) is 44.4 Å². The Morgan fingerprint density at radius 3 is 2.58 bits per heavy atom. The fraction of sp³-hybridized carbons (Fsp3) is 0.375. The van der Waals surface area contributed by atoms with Gasteiger partial charge in [-0.25, -0.2) is 4.79 Å². The summed E-state index contributed by atoms with van der Waals surface area (Å²) in [5, 5.41) is 8.74. The molecule has 0 saturated carbocycles. The lowest BCUT2D eigenvalue weighted by molar-refractivity contribution is -0.134. The van der Waals surface area contributed by atoms with Crippen LogP contribution in [0.1, 0.15) is 39.5 Å². The van der Waals surface area contributed by atoms with Crippen molar-refractivity contribution >= 4 is 43.9 Å². The van der Waals surface area contributed by atoms with Crippen LogP contribution >= 0.6 is 26.5 Å². The Bertz CT molecular complexity index is 1030. The second-order valence-electron chi connectivity index (χ2n) is 8.33. The van der Waals surface area contributed by atoms with E-state index in [4.69, 9.17) is 9.84 Å². The van der Waals surface area contributed by atoms with Gasteiger partial charge >= 0.3 is 5.97 Å². The van der Waals surface area contributed by atoms with Crippen molar-refractivity contribution in [1.82, 2.24) is 0 Å². The largest absolute Gasteiger partial charge is 0.476 e. The quantitative estimate of drug-likeness (QED) is 0.236. The first-order chi connectivity index (χ1) is 15.6. The molecule has 6 nitrogen and oxygen atoms in total. The average molecular weight is 542 g/mol. The molecule has 1 heterocycles. The van der Waals surface area contributed by atoms with Crippen molar-refractivity contribution in [3.63, 3.8) is 0 Å². The van der Waals surface area contributed by atoms with Gasteiger partial charge in [0.1, 0.15) is 12.0 Å². The average Bonchev–Trinajstić information content (AvgIpc) is 2.88. The van der Waals surface area contributed by atoms with Crippen LogP contribution in [0.2, 0.25) is 0 Å². The molecule has 0 amide bonds. The minimum atomic E-state index is -3.24. The minimum Gasteiger partial charge on any atom is -0.476 e. The number of para-hydroxylation sites is 1. The predicted octanol–water partition coefficient (Wildman–Crippen LogP) is 7.57. The van der Waals surface area contributed by atoms with E-state index in [9.17, 15) is 18.3 Å². The zero-order chi connectivity index (χ0) is 24.2. The summed E-state index contributed by atoms with van der Waals surface area (Å²) in [6.45, 7) is 4.80. The Morgan fingerprint density at radius 2 is 1.97 bits per heavy atom. The Balaban J connectivity index is 2.17. The van der Waals surface area contributed by atoms with Gasteiger partial charge in [-0.1, -0.05) is 44.9 Å². The molecule has 2 aromatic rings. The number of unbranched alkanes of at least 4 members (excludes halogenated alkanes) is 1. The summed E-state index contributed by atoms with van der Waals surface area (Å²) in [4.78, 5) is 13.1. The molecule has 0 aliphatic carbocycles. The summed E-state index contributed by atoms with van der Waals surface area (Å²) in [5.41, 5.74) is 1.21. The molecule has 3 rings (SSSR count). The number of fused-ring (bicyclic) bond motifs is 1. The lowest BCUT2D eigenvalue weighted by Gasteiger charge is -2.41. The van der Waals surface area contributed by atoms with Crippen molar-refractivity contribution in [3.05, 3.63) is 59.0 Å². The molecular weight excluding hydrogens is 513 g/mol. The maximum absolute atomic E-state index is 13.5. The summed E-state index contributed by atoms with van der Waals surface area (Å²) < 4.78 is 41.9. The highest BCUT2D eigenvalue weighted by Crippen LogP contribution is 2.61. The Morgan fingerprint density at radius 1 is 1.27 bits per heavy atom. The summed E-state index contributed by atoms with van der Waals surface area (Å²) in [6.07, 6.45) is 4.09. The SMILES string of the molecule is CCCC[C@]1(CC)CN(c2ccccc2)c2cc(Br)c(O/C=C(\F)C(=O)O)cc2S(O)(O)C1. The van der Waals surface area contributed by atoms with E-state index in [1.54, 1.807) is 6.07 Å². The Hall–Kier alpha value is -2.07. The number of hydrogen-bond acceptors (Lipinski definition) is 5. The van der Waals surface area contributed by atoms with E-state index in [-0.39, 0.29) is 16.9 Å². The van der Waals surface area contributed by atoms with Crippen molar-refractivity contribution in [2.75, 3.05) is 17.2 Å². The van der Waals surface area contributed by atoms with Gasteiger partial charge in [-0.2, -0.15) is 15.0 Å². The molecule has 1 aliphatic rings. The normalized spacial score (nSPS) is 21.2. The molecule has 33 heavy (non-hydrogen) atoms. The van der Waals surface area contributed by atoms with Crippen LogP contribution in [-0.4, -0.2) is 32.5 Å². The van der Waals surface area contributed by atoms with Crippen molar-refractivity contribution in [2.24, 2.45) is 5.41 Å². The van der Waals surface area contributed by atoms with Gasteiger partial charge in [0.2, 0.25) is 5.83 Å². The van der Waals surface area contributed by atoms with Crippen LogP contribution in [0.5, 0.6) is 5.75 Å². The third-order valence-corrected chi connectivity index (χ3v) is 8.70. The summed E-state index contributed by atoms with van der Waals surface area (Å²) >= 11 is 3.41. The van der Waals surface area contributed by atoms with Crippen molar-refractivity contribution < 1.29 is 28.1 Å². The molecule has 0 spiro atoms. The van der Waals surface area contributed by atoms with E-state index in [0.717, 1.165) is 31.4 Å². The third-order valence-electron chi connectivity index (χ3n) is 6.03.